The molecule has 21 atom stereocenters. The maximum absolute atomic E-state index is 12.1. The molecule has 0 aromatic carbocycles. The van der Waals surface area contributed by atoms with E-state index in [0.29, 0.717) is 12.8 Å². The predicted octanol–water partition coefficient (Wildman–Crippen LogP) is 1.39. The quantitative estimate of drug-likeness (QED) is 0.125. The van der Waals surface area contributed by atoms with E-state index in [1.165, 1.54) is 5.57 Å². The van der Waals surface area contributed by atoms with Crippen molar-refractivity contribution in [2.45, 2.75) is 180 Å². The normalized spacial score (nSPS) is 56.1. The molecular formula is C43H72O14. The molecule has 0 bridgehead atoms. The molecule has 57 heavy (non-hydrogen) atoms. The number of allylic oxidation sites excluding steroid dienone is 1. The molecule has 0 spiro atoms. The Morgan fingerprint density at radius 2 is 1.42 bits per heavy atom. The molecule has 0 amide bonds. The Balaban J connectivity index is 1.17. The molecule has 2 aliphatic heterocycles. The van der Waals surface area contributed by atoms with Crippen LogP contribution in [0.5, 0.6) is 0 Å². The number of aliphatic hydroxyl groups excluding tert-OH is 9. The van der Waals surface area contributed by atoms with Crippen molar-refractivity contribution in [3.8, 4) is 0 Å². The molecule has 4 unspecified atom stereocenters. The van der Waals surface area contributed by atoms with Crippen LogP contribution in [0.1, 0.15) is 99.8 Å². The minimum atomic E-state index is -1.74. The molecule has 2 saturated heterocycles. The second kappa shape index (κ2) is 15.2. The Labute approximate surface area is 337 Å². The molecule has 14 nitrogen and oxygen atoms in total. The Hall–Kier alpha value is -0.820. The largest absolute Gasteiger partial charge is 0.396 e. The minimum absolute atomic E-state index is 0.0303. The van der Waals surface area contributed by atoms with Gasteiger partial charge in [-0.1, -0.05) is 53.2 Å². The van der Waals surface area contributed by atoms with Crippen LogP contribution in [0.2, 0.25) is 0 Å². The summed E-state index contributed by atoms with van der Waals surface area (Å²) in [7, 11) is 1.78. The zero-order valence-corrected chi connectivity index (χ0v) is 35.2. The van der Waals surface area contributed by atoms with Crippen molar-refractivity contribution >= 4 is 0 Å². The molecule has 0 aromatic rings. The van der Waals surface area contributed by atoms with Crippen molar-refractivity contribution < 1.29 is 69.6 Å². The lowest BCUT2D eigenvalue weighted by atomic mass is 9.32. The smallest absolute Gasteiger partial charge is 0.187 e. The van der Waals surface area contributed by atoms with Crippen LogP contribution in [-0.2, 0) is 23.7 Å². The van der Waals surface area contributed by atoms with E-state index in [2.05, 4.69) is 40.7 Å². The van der Waals surface area contributed by atoms with Crippen LogP contribution in [0.4, 0.5) is 0 Å². The Kier molecular flexibility index (Phi) is 11.8. The van der Waals surface area contributed by atoms with Gasteiger partial charge in [-0.2, -0.15) is 0 Å². The summed E-state index contributed by atoms with van der Waals surface area (Å²) >= 11 is 0. The fourth-order valence-electron chi connectivity index (χ4n) is 14.0. The van der Waals surface area contributed by atoms with Crippen molar-refractivity contribution in [3.05, 3.63) is 11.6 Å². The van der Waals surface area contributed by atoms with Gasteiger partial charge >= 0.3 is 0 Å². The minimum Gasteiger partial charge on any atom is -0.396 e. The first-order valence-corrected chi connectivity index (χ1v) is 21.4. The van der Waals surface area contributed by atoms with E-state index in [4.69, 9.17) is 23.7 Å². The van der Waals surface area contributed by atoms with E-state index >= 15 is 0 Å². The number of aliphatic hydroxyl groups is 9. The average molecular weight is 813 g/mol. The zero-order valence-electron chi connectivity index (χ0n) is 35.2. The van der Waals surface area contributed by atoms with Gasteiger partial charge in [-0.25, -0.2) is 0 Å². The van der Waals surface area contributed by atoms with Crippen LogP contribution in [0.15, 0.2) is 11.6 Å². The lowest BCUT2D eigenvalue weighted by Gasteiger charge is -2.73. The topological polar surface area (TPSA) is 228 Å². The molecule has 9 N–H and O–H groups in total. The Morgan fingerprint density at radius 1 is 0.737 bits per heavy atom. The molecule has 5 aliphatic carbocycles. The van der Waals surface area contributed by atoms with E-state index in [0.717, 1.165) is 38.5 Å². The molecular weight excluding hydrogens is 740 g/mol. The van der Waals surface area contributed by atoms with Crippen molar-refractivity contribution in [1.82, 2.24) is 0 Å². The maximum atomic E-state index is 12.1. The number of rotatable bonds is 8. The van der Waals surface area contributed by atoms with Gasteiger partial charge < -0.3 is 69.6 Å². The molecule has 7 aliphatic rings. The predicted molar refractivity (Wildman–Crippen MR) is 205 cm³/mol. The molecule has 2 heterocycles. The number of methoxy groups -OCH3 is 1. The monoisotopic (exact) mass is 812 g/mol. The van der Waals surface area contributed by atoms with Crippen molar-refractivity contribution in [2.24, 2.45) is 50.2 Å². The van der Waals surface area contributed by atoms with Crippen LogP contribution in [-0.4, -0.2) is 153 Å². The van der Waals surface area contributed by atoms with Crippen molar-refractivity contribution in [2.75, 3.05) is 26.9 Å². The van der Waals surface area contributed by atoms with Gasteiger partial charge in [-0.15, -0.1) is 0 Å². The van der Waals surface area contributed by atoms with E-state index in [9.17, 15) is 46.0 Å². The highest BCUT2D eigenvalue weighted by Gasteiger charge is 2.72. The highest BCUT2D eigenvalue weighted by Crippen LogP contribution is 2.76. The van der Waals surface area contributed by atoms with Gasteiger partial charge in [0.1, 0.15) is 42.7 Å². The van der Waals surface area contributed by atoms with E-state index in [1.807, 2.05) is 6.92 Å². The molecule has 14 heteroatoms. The van der Waals surface area contributed by atoms with Gasteiger partial charge in [-0.3, -0.25) is 0 Å². The summed E-state index contributed by atoms with van der Waals surface area (Å²) in [5, 5.41) is 98.1. The number of ether oxygens (including phenoxy) is 5. The Bertz CT molecular complexity index is 1490. The van der Waals surface area contributed by atoms with E-state index in [1.54, 1.807) is 14.0 Å². The fourth-order valence-corrected chi connectivity index (χ4v) is 14.0. The molecule has 0 radical (unpaired) electrons. The summed E-state index contributed by atoms with van der Waals surface area (Å²) < 4.78 is 30.6. The number of fused-ring (bicyclic) bond motifs is 7. The number of hydrogen-bond acceptors (Lipinski definition) is 14. The highest BCUT2D eigenvalue weighted by atomic mass is 16.7. The van der Waals surface area contributed by atoms with Crippen LogP contribution in [0.25, 0.3) is 0 Å². The second-order valence-electron chi connectivity index (χ2n) is 21.0. The standard InChI is InChI=1S/C43H72O14/c1-21-29(48)34(57-36-32(51)31(50)30(49)25(18-44)55-36)33(52)37(54-21)56-28-10-11-39(4)26(40(28,5)19-45)9-12-41(6)35(39)24(53-8)15-22-23-16-38(2,3)13-14-43(23,20-46)27(47)17-42(22,41)7/h15,21,23-37,44-52H,9-14,16-20H2,1-8H3/t21-,23?,24-,25-,26?,27-,28?,29+,30-,31+,32-,33-,34+,35?,36+,37+,39+,40+,41-,42-,43-/m1/s1. The van der Waals surface area contributed by atoms with Crippen LogP contribution in [0, 0.1) is 50.2 Å². The van der Waals surface area contributed by atoms with Crippen LogP contribution < -0.4 is 0 Å². The van der Waals surface area contributed by atoms with Gasteiger partial charge in [0.2, 0.25) is 0 Å². The summed E-state index contributed by atoms with van der Waals surface area (Å²) in [5.74, 6) is 0.0264. The summed E-state index contributed by atoms with van der Waals surface area (Å²) in [4.78, 5) is 0. The fraction of sp³-hybridized carbons (Fsp3) is 0.953. The molecule has 7 rings (SSSR count). The first kappa shape index (κ1) is 44.2. The van der Waals surface area contributed by atoms with Gasteiger partial charge in [0.25, 0.3) is 0 Å². The van der Waals surface area contributed by atoms with Gasteiger partial charge in [0, 0.05) is 23.9 Å². The van der Waals surface area contributed by atoms with E-state index < -0.39 is 91.1 Å². The van der Waals surface area contributed by atoms with Gasteiger partial charge in [-0.05, 0) is 91.8 Å². The van der Waals surface area contributed by atoms with E-state index in [-0.39, 0.29) is 58.7 Å². The lowest BCUT2D eigenvalue weighted by Crippen LogP contribution is -2.70. The molecule has 328 valence electrons. The third-order valence-corrected chi connectivity index (χ3v) is 17.7. The first-order chi connectivity index (χ1) is 26.6. The first-order valence-electron chi connectivity index (χ1n) is 21.4. The van der Waals surface area contributed by atoms with Gasteiger partial charge in [0.05, 0.1) is 44.2 Å². The average Bonchev–Trinajstić information content (AvgIpc) is 3.16. The molecule has 6 fully saturated rings. The van der Waals surface area contributed by atoms with Crippen LogP contribution in [0.3, 0.4) is 0 Å². The molecule has 4 saturated carbocycles. The second-order valence-corrected chi connectivity index (χ2v) is 21.0. The van der Waals surface area contributed by atoms with Gasteiger partial charge in [0.15, 0.2) is 12.6 Å². The third kappa shape index (κ3) is 6.48. The summed E-state index contributed by atoms with van der Waals surface area (Å²) in [6.07, 6.45) is -7.49. The summed E-state index contributed by atoms with van der Waals surface area (Å²) in [5.41, 5.74) is -0.934. The third-order valence-electron chi connectivity index (χ3n) is 17.7. The maximum Gasteiger partial charge on any atom is 0.187 e. The number of hydrogen-bond donors (Lipinski definition) is 9. The SMILES string of the molecule is CO[C@@H]1C=C2C3CC(C)(C)CC[C@]3(CO)[C@H](O)C[C@@]2(C)[C@]2(C)CCC3[C@](C)(CCC(O[C@@H]4O[C@H](C)[C@H](O)[C@H](O[C@@H]5O[C@H](CO)[C@@H](O)[C@H](O)[C@H]5O)[C@H]4O)[C@@]3(C)CO)C12. The summed E-state index contributed by atoms with van der Waals surface area (Å²) in [6, 6.07) is 0. The van der Waals surface area contributed by atoms with Crippen molar-refractivity contribution in [1.29, 1.82) is 0 Å². The zero-order chi connectivity index (χ0) is 41.8. The highest BCUT2D eigenvalue weighted by molar-refractivity contribution is 5.37. The Morgan fingerprint density at radius 3 is 2.05 bits per heavy atom. The van der Waals surface area contributed by atoms with Crippen LogP contribution >= 0.6 is 0 Å². The van der Waals surface area contributed by atoms with Crippen molar-refractivity contribution in [3.63, 3.8) is 0 Å². The summed E-state index contributed by atoms with van der Waals surface area (Å²) in [6.45, 7) is 14.4. The molecule has 0 aromatic heterocycles. The lowest BCUT2D eigenvalue weighted by molar-refractivity contribution is -0.368.